The molecule has 72 valence electrons. The first kappa shape index (κ1) is 8.87. The van der Waals surface area contributed by atoms with Crippen molar-refractivity contribution in [3.8, 4) is 0 Å². The van der Waals surface area contributed by atoms with E-state index in [9.17, 15) is 9.18 Å². The Morgan fingerprint density at radius 1 is 1.50 bits per heavy atom. The van der Waals surface area contributed by atoms with Crippen LogP contribution in [-0.4, -0.2) is 15.7 Å². The van der Waals surface area contributed by atoms with Crippen LogP contribution in [0.4, 0.5) is 4.39 Å². The summed E-state index contributed by atoms with van der Waals surface area (Å²) in [5.74, 6) is -0.365. The van der Waals surface area contributed by atoms with Crippen molar-refractivity contribution >= 4 is 11.9 Å². The molecule has 0 unspecified atom stereocenters. The summed E-state index contributed by atoms with van der Waals surface area (Å²) in [6, 6.07) is 1.40. The second-order valence-corrected chi connectivity index (χ2v) is 3.24. The van der Waals surface area contributed by atoms with Crippen LogP contribution >= 0.6 is 0 Å². The highest BCUT2D eigenvalue weighted by Gasteiger charge is 2.10. The van der Waals surface area contributed by atoms with Gasteiger partial charge in [-0.15, -0.1) is 0 Å². The van der Waals surface area contributed by atoms with Crippen LogP contribution in [0.5, 0.6) is 0 Å². The minimum Gasteiger partial charge on any atom is -0.296 e. The third kappa shape index (κ3) is 1.11. The van der Waals surface area contributed by atoms with Crippen LogP contribution in [-0.2, 0) is 0 Å². The normalized spacial score (nSPS) is 10.8. The van der Waals surface area contributed by atoms with E-state index in [0.717, 1.165) is 5.56 Å². The van der Waals surface area contributed by atoms with Gasteiger partial charge in [-0.2, -0.15) is 0 Å². The number of carbonyl (C=O) groups excluding carboxylic acids is 1. The Hall–Kier alpha value is -1.71. The Labute approximate surface area is 80.2 Å². The first-order valence-electron chi connectivity index (χ1n) is 4.23. The zero-order chi connectivity index (χ0) is 10.3. The first-order valence-corrected chi connectivity index (χ1v) is 4.23. The highest BCUT2D eigenvalue weighted by atomic mass is 19.1. The lowest BCUT2D eigenvalue weighted by Gasteiger charge is -1.98. The molecule has 2 rings (SSSR count). The molecule has 0 spiro atoms. The summed E-state index contributed by atoms with van der Waals surface area (Å²) >= 11 is 0. The number of fused-ring (bicyclic) bond motifs is 1. The number of hydrogen-bond donors (Lipinski definition) is 0. The van der Waals surface area contributed by atoms with Gasteiger partial charge in [0.2, 0.25) is 0 Å². The van der Waals surface area contributed by atoms with Gasteiger partial charge in [0.1, 0.15) is 17.2 Å². The average Bonchev–Trinajstić information content (AvgIpc) is 2.41. The predicted molar refractivity (Wildman–Crippen MR) is 50.0 cm³/mol. The average molecular weight is 192 g/mol. The maximum absolute atomic E-state index is 13.1. The Morgan fingerprint density at radius 3 is 2.86 bits per heavy atom. The summed E-state index contributed by atoms with van der Waals surface area (Å²) in [5.41, 5.74) is 2.38. The number of aldehydes is 1. The molecular weight excluding hydrogens is 183 g/mol. The maximum Gasteiger partial charge on any atom is 0.168 e. The zero-order valence-electron chi connectivity index (χ0n) is 7.91. The quantitative estimate of drug-likeness (QED) is 0.647. The van der Waals surface area contributed by atoms with Gasteiger partial charge >= 0.3 is 0 Å². The summed E-state index contributed by atoms with van der Waals surface area (Å²) < 4.78 is 14.5. The number of hydrogen-bond acceptors (Lipinski definition) is 2. The number of rotatable bonds is 1. The van der Waals surface area contributed by atoms with Gasteiger partial charge in [-0.1, -0.05) is 0 Å². The number of aryl methyl sites for hydroxylation is 2. The standard InChI is InChI=1S/C10H9FN2O/c1-6-3-8(11)4-13-9(5-14)7(2)12-10(6)13/h3-5H,1-2H3. The van der Waals surface area contributed by atoms with E-state index in [-0.39, 0.29) is 5.82 Å². The molecule has 0 amide bonds. The molecule has 0 N–H and O–H groups in total. The molecule has 0 fully saturated rings. The minimum atomic E-state index is -0.365. The number of imidazole rings is 1. The van der Waals surface area contributed by atoms with Crippen molar-refractivity contribution in [2.24, 2.45) is 0 Å². The molecule has 0 aliphatic rings. The number of halogens is 1. The van der Waals surface area contributed by atoms with E-state index in [0.29, 0.717) is 23.3 Å². The fraction of sp³-hybridized carbons (Fsp3) is 0.200. The molecule has 0 aliphatic heterocycles. The molecule has 2 aromatic rings. The van der Waals surface area contributed by atoms with Gasteiger partial charge < -0.3 is 0 Å². The van der Waals surface area contributed by atoms with Crippen molar-refractivity contribution in [2.45, 2.75) is 13.8 Å². The molecule has 0 atom stereocenters. The van der Waals surface area contributed by atoms with Crippen LogP contribution in [0.15, 0.2) is 12.3 Å². The van der Waals surface area contributed by atoms with E-state index in [1.807, 2.05) is 0 Å². The lowest BCUT2D eigenvalue weighted by atomic mass is 10.3. The number of carbonyl (C=O) groups is 1. The molecule has 14 heavy (non-hydrogen) atoms. The molecular formula is C10H9FN2O. The highest BCUT2D eigenvalue weighted by Crippen LogP contribution is 2.15. The van der Waals surface area contributed by atoms with Gasteiger partial charge in [0, 0.05) is 6.20 Å². The monoisotopic (exact) mass is 192 g/mol. The lowest BCUT2D eigenvalue weighted by molar-refractivity contribution is 0.111. The van der Waals surface area contributed by atoms with Gasteiger partial charge in [0.25, 0.3) is 0 Å². The first-order chi connectivity index (χ1) is 6.63. The number of pyridine rings is 1. The molecule has 2 heterocycles. The summed E-state index contributed by atoms with van der Waals surface area (Å²) in [7, 11) is 0. The molecule has 0 saturated heterocycles. The van der Waals surface area contributed by atoms with E-state index >= 15 is 0 Å². The van der Waals surface area contributed by atoms with Crippen molar-refractivity contribution in [2.75, 3.05) is 0 Å². The minimum absolute atomic E-state index is 0.365. The Morgan fingerprint density at radius 2 is 2.21 bits per heavy atom. The van der Waals surface area contributed by atoms with E-state index in [2.05, 4.69) is 4.98 Å². The number of aromatic nitrogens is 2. The van der Waals surface area contributed by atoms with Gasteiger partial charge in [0.15, 0.2) is 6.29 Å². The molecule has 2 aromatic heterocycles. The summed E-state index contributed by atoms with van der Waals surface area (Å²) in [6.45, 7) is 3.49. The molecule has 0 saturated carbocycles. The van der Waals surface area contributed by atoms with Crippen molar-refractivity contribution < 1.29 is 9.18 Å². The van der Waals surface area contributed by atoms with Gasteiger partial charge in [-0.25, -0.2) is 9.37 Å². The van der Waals surface area contributed by atoms with Gasteiger partial charge in [-0.3, -0.25) is 9.20 Å². The van der Waals surface area contributed by atoms with Crippen LogP contribution in [0.1, 0.15) is 21.7 Å². The molecule has 4 heteroatoms. The molecule has 0 radical (unpaired) electrons. The van der Waals surface area contributed by atoms with E-state index in [1.54, 1.807) is 13.8 Å². The third-order valence-electron chi connectivity index (χ3n) is 2.20. The lowest BCUT2D eigenvalue weighted by Crippen LogP contribution is -1.95. The summed E-state index contributed by atoms with van der Waals surface area (Å²) in [6.07, 6.45) is 1.96. The van der Waals surface area contributed by atoms with E-state index in [1.165, 1.54) is 16.7 Å². The maximum atomic E-state index is 13.1. The second kappa shape index (κ2) is 2.90. The van der Waals surface area contributed by atoms with E-state index in [4.69, 9.17) is 0 Å². The Kier molecular flexibility index (Phi) is 1.84. The Bertz CT molecular complexity index is 516. The molecule has 0 aliphatic carbocycles. The second-order valence-electron chi connectivity index (χ2n) is 3.24. The van der Waals surface area contributed by atoms with Gasteiger partial charge in [-0.05, 0) is 25.5 Å². The molecule has 3 nitrogen and oxygen atoms in total. The van der Waals surface area contributed by atoms with Crippen LogP contribution in [0, 0.1) is 19.7 Å². The van der Waals surface area contributed by atoms with E-state index < -0.39 is 0 Å². The summed E-state index contributed by atoms with van der Waals surface area (Å²) in [5, 5.41) is 0. The zero-order valence-corrected chi connectivity index (χ0v) is 7.91. The number of nitrogens with zero attached hydrogens (tertiary/aromatic N) is 2. The highest BCUT2D eigenvalue weighted by molar-refractivity contribution is 5.76. The molecule has 0 aromatic carbocycles. The van der Waals surface area contributed by atoms with Crippen LogP contribution < -0.4 is 0 Å². The summed E-state index contributed by atoms with van der Waals surface area (Å²) in [4.78, 5) is 14.9. The SMILES string of the molecule is Cc1nc2c(C)cc(F)cn2c1C=O. The third-order valence-corrected chi connectivity index (χ3v) is 2.20. The smallest absolute Gasteiger partial charge is 0.168 e. The largest absolute Gasteiger partial charge is 0.296 e. The van der Waals surface area contributed by atoms with Crippen LogP contribution in [0.2, 0.25) is 0 Å². The van der Waals surface area contributed by atoms with Crippen LogP contribution in [0.3, 0.4) is 0 Å². The van der Waals surface area contributed by atoms with Crippen molar-refractivity contribution in [3.05, 3.63) is 35.0 Å². The van der Waals surface area contributed by atoms with Gasteiger partial charge in [0.05, 0.1) is 5.69 Å². The Balaban J connectivity index is 2.94. The topological polar surface area (TPSA) is 34.4 Å². The fourth-order valence-electron chi connectivity index (χ4n) is 1.54. The molecule has 0 bridgehead atoms. The predicted octanol–water partition coefficient (Wildman–Crippen LogP) is 1.90. The fourth-order valence-corrected chi connectivity index (χ4v) is 1.54. The van der Waals surface area contributed by atoms with Crippen molar-refractivity contribution in [1.82, 2.24) is 9.38 Å². The van der Waals surface area contributed by atoms with Crippen molar-refractivity contribution in [1.29, 1.82) is 0 Å². The van der Waals surface area contributed by atoms with Crippen LogP contribution in [0.25, 0.3) is 5.65 Å². The van der Waals surface area contributed by atoms with Crippen molar-refractivity contribution in [3.63, 3.8) is 0 Å².